The van der Waals surface area contributed by atoms with Crippen LogP contribution in [-0.2, 0) is 6.54 Å². The second kappa shape index (κ2) is 5.68. The maximum absolute atomic E-state index is 12.4. The topological polar surface area (TPSA) is 46.9 Å². The Kier molecular flexibility index (Phi) is 3.73. The first kappa shape index (κ1) is 13.8. The second-order valence-electron chi connectivity index (χ2n) is 4.70. The van der Waals surface area contributed by atoms with Gasteiger partial charge in [-0.25, -0.2) is 4.79 Å². The van der Waals surface area contributed by atoms with Gasteiger partial charge in [0.05, 0.1) is 16.9 Å². The molecule has 0 saturated heterocycles. The van der Waals surface area contributed by atoms with Gasteiger partial charge in [-0.2, -0.15) is 4.98 Å². The van der Waals surface area contributed by atoms with Crippen LogP contribution in [0.1, 0.15) is 5.69 Å². The Morgan fingerprint density at radius 2 is 1.95 bits per heavy atom. The van der Waals surface area contributed by atoms with Crippen LogP contribution in [0.15, 0.2) is 53.3 Å². The molecular formula is C16H14ClN3O. The summed E-state index contributed by atoms with van der Waals surface area (Å²) in [4.78, 5) is 16.6. The summed E-state index contributed by atoms with van der Waals surface area (Å²) in [6.45, 7) is 0.531. The molecule has 0 saturated carbocycles. The summed E-state index contributed by atoms with van der Waals surface area (Å²) in [5, 5.41) is 4.54. The average molecular weight is 300 g/mol. The zero-order valence-electron chi connectivity index (χ0n) is 11.5. The number of nitrogens with one attached hydrogen (secondary N) is 1. The van der Waals surface area contributed by atoms with E-state index in [9.17, 15) is 4.79 Å². The van der Waals surface area contributed by atoms with Gasteiger partial charge >= 0.3 is 5.69 Å². The van der Waals surface area contributed by atoms with Crippen LogP contribution >= 0.6 is 11.6 Å². The van der Waals surface area contributed by atoms with E-state index in [2.05, 4.69) is 10.3 Å². The van der Waals surface area contributed by atoms with E-state index in [0.29, 0.717) is 11.6 Å². The van der Waals surface area contributed by atoms with E-state index < -0.39 is 0 Å². The second-order valence-corrected chi connectivity index (χ2v) is 5.14. The van der Waals surface area contributed by atoms with Crippen LogP contribution in [0.4, 0.5) is 0 Å². The third-order valence-electron chi connectivity index (χ3n) is 3.29. The van der Waals surface area contributed by atoms with Crippen LogP contribution in [0.3, 0.4) is 0 Å². The summed E-state index contributed by atoms with van der Waals surface area (Å²) in [5.74, 6) is 0. The molecule has 0 aliphatic rings. The first-order chi connectivity index (χ1) is 10.2. The van der Waals surface area contributed by atoms with Crippen LogP contribution in [0, 0.1) is 0 Å². The molecule has 1 aromatic heterocycles. The van der Waals surface area contributed by atoms with Crippen molar-refractivity contribution in [2.24, 2.45) is 0 Å². The van der Waals surface area contributed by atoms with E-state index in [1.807, 2.05) is 49.5 Å². The largest absolute Gasteiger partial charge is 0.352 e. The lowest BCUT2D eigenvalue weighted by atomic mass is 10.1. The minimum atomic E-state index is -0.304. The number of fused-ring (bicyclic) bond motifs is 1. The van der Waals surface area contributed by atoms with E-state index in [0.717, 1.165) is 22.3 Å². The molecule has 0 radical (unpaired) electrons. The van der Waals surface area contributed by atoms with Crippen LogP contribution in [0.2, 0.25) is 5.02 Å². The van der Waals surface area contributed by atoms with E-state index in [4.69, 9.17) is 11.6 Å². The van der Waals surface area contributed by atoms with Gasteiger partial charge in [0.2, 0.25) is 0 Å². The Balaban J connectivity index is 2.40. The number of para-hydroxylation sites is 1. The van der Waals surface area contributed by atoms with Gasteiger partial charge in [-0.05, 0) is 37.4 Å². The fourth-order valence-electron chi connectivity index (χ4n) is 2.39. The number of benzene rings is 2. The molecule has 0 bridgehead atoms. The van der Waals surface area contributed by atoms with Gasteiger partial charge in [0, 0.05) is 17.0 Å². The number of hydrogen-bond acceptors (Lipinski definition) is 3. The predicted molar refractivity (Wildman–Crippen MR) is 85.1 cm³/mol. The zero-order valence-corrected chi connectivity index (χ0v) is 12.3. The molecule has 4 nitrogen and oxygen atoms in total. The summed E-state index contributed by atoms with van der Waals surface area (Å²) < 4.78 is 1.58. The highest BCUT2D eigenvalue weighted by molar-refractivity contribution is 6.31. The molecule has 106 valence electrons. The summed E-state index contributed by atoms with van der Waals surface area (Å²) in [7, 11) is 1.83. The molecule has 0 amide bonds. The third kappa shape index (κ3) is 2.55. The van der Waals surface area contributed by atoms with Crippen molar-refractivity contribution in [1.82, 2.24) is 14.9 Å². The lowest BCUT2D eigenvalue weighted by molar-refractivity contribution is 0.780. The number of halogens is 1. The lowest BCUT2D eigenvalue weighted by Crippen LogP contribution is -2.25. The first-order valence-electron chi connectivity index (χ1n) is 6.62. The minimum absolute atomic E-state index is 0.304. The molecule has 1 heterocycles. The van der Waals surface area contributed by atoms with Crippen molar-refractivity contribution in [3.63, 3.8) is 0 Å². The fourth-order valence-corrected chi connectivity index (χ4v) is 2.56. The first-order valence-corrected chi connectivity index (χ1v) is 6.99. The molecule has 1 N–H and O–H groups in total. The molecule has 3 rings (SSSR count). The predicted octanol–water partition coefficient (Wildman–Crippen LogP) is 2.76. The highest BCUT2D eigenvalue weighted by atomic mass is 35.5. The van der Waals surface area contributed by atoms with Gasteiger partial charge in [0.1, 0.15) is 0 Å². The molecule has 0 fully saturated rings. The molecular weight excluding hydrogens is 286 g/mol. The van der Waals surface area contributed by atoms with Crippen molar-refractivity contribution in [2.75, 3.05) is 7.05 Å². The van der Waals surface area contributed by atoms with Gasteiger partial charge in [-0.15, -0.1) is 0 Å². The molecule has 3 aromatic rings. The van der Waals surface area contributed by atoms with Crippen molar-refractivity contribution < 1.29 is 0 Å². The molecule has 0 atom stereocenters. The van der Waals surface area contributed by atoms with Crippen LogP contribution in [0.25, 0.3) is 16.6 Å². The fraction of sp³-hybridized carbons (Fsp3) is 0.125. The van der Waals surface area contributed by atoms with Crippen LogP contribution in [-0.4, -0.2) is 16.6 Å². The van der Waals surface area contributed by atoms with E-state index in [1.165, 1.54) is 0 Å². The zero-order chi connectivity index (χ0) is 14.8. The van der Waals surface area contributed by atoms with Crippen molar-refractivity contribution in [3.05, 3.63) is 69.7 Å². The van der Waals surface area contributed by atoms with Gasteiger partial charge < -0.3 is 5.32 Å². The quantitative estimate of drug-likeness (QED) is 0.809. The molecule has 2 aromatic carbocycles. The van der Waals surface area contributed by atoms with Crippen molar-refractivity contribution >= 4 is 22.5 Å². The number of rotatable bonds is 3. The maximum Gasteiger partial charge on any atom is 0.352 e. The number of aromatic nitrogens is 2. The van der Waals surface area contributed by atoms with Gasteiger partial charge in [-0.1, -0.05) is 29.8 Å². The monoisotopic (exact) mass is 299 g/mol. The number of hydrogen-bond donors (Lipinski definition) is 1. The van der Waals surface area contributed by atoms with Gasteiger partial charge in [0.15, 0.2) is 0 Å². The molecule has 0 spiro atoms. The lowest BCUT2D eigenvalue weighted by Gasteiger charge is -2.12. The van der Waals surface area contributed by atoms with Gasteiger partial charge in [0.25, 0.3) is 0 Å². The van der Waals surface area contributed by atoms with Crippen molar-refractivity contribution in [3.8, 4) is 5.69 Å². The minimum Gasteiger partial charge on any atom is -0.314 e. The molecule has 0 aliphatic heterocycles. The molecule has 5 heteroatoms. The van der Waals surface area contributed by atoms with Crippen LogP contribution in [0.5, 0.6) is 0 Å². The highest BCUT2D eigenvalue weighted by Crippen LogP contribution is 2.22. The SMILES string of the molecule is CNCc1nc(=O)n(-c2ccccc2)c2cc(Cl)ccc12. The van der Waals surface area contributed by atoms with Crippen LogP contribution < -0.4 is 11.0 Å². The smallest absolute Gasteiger partial charge is 0.314 e. The normalized spacial score (nSPS) is 11.0. The standard InChI is InChI=1S/C16H14ClN3O/c1-18-10-14-13-8-7-11(17)9-15(13)20(16(21)19-14)12-5-3-2-4-6-12/h2-9,18H,10H2,1H3. The van der Waals surface area contributed by atoms with E-state index in [-0.39, 0.29) is 5.69 Å². The Bertz CT molecular complexity index is 843. The summed E-state index contributed by atoms with van der Waals surface area (Å²) in [6.07, 6.45) is 0. The Morgan fingerprint density at radius 3 is 2.67 bits per heavy atom. The summed E-state index contributed by atoms with van der Waals surface area (Å²) in [5.41, 5.74) is 1.96. The van der Waals surface area contributed by atoms with Gasteiger partial charge in [-0.3, -0.25) is 4.57 Å². The maximum atomic E-state index is 12.4. The summed E-state index contributed by atoms with van der Waals surface area (Å²) in [6, 6.07) is 14.9. The number of nitrogens with zero attached hydrogens (tertiary/aromatic N) is 2. The van der Waals surface area contributed by atoms with Crippen molar-refractivity contribution in [2.45, 2.75) is 6.54 Å². The highest BCUT2D eigenvalue weighted by Gasteiger charge is 2.11. The Labute approximate surface area is 127 Å². The molecule has 0 unspecified atom stereocenters. The third-order valence-corrected chi connectivity index (χ3v) is 3.53. The van der Waals surface area contributed by atoms with E-state index in [1.54, 1.807) is 10.6 Å². The Hall–Kier alpha value is -2.17. The van der Waals surface area contributed by atoms with Crippen molar-refractivity contribution in [1.29, 1.82) is 0 Å². The molecule has 0 aliphatic carbocycles. The Morgan fingerprint density at radius 1 is 1.19 bits per heavy atom. The average Bonchev–Trinajstić information content (AvgIpc) is 2.48. The molecule has 21 heavy (non-hydrogen) atoms. The van der Waals surface area contributed by atoms with E-state index >= 15 is 0 Å². The summed E-state index contributed by atoms with van der Waals surface area (Å²) >= 11 is 6.11.